The normalized spacial score (nSPS) is 11.1. The second-order valence-corrected chi connectivity index (χ2v) is 8.32. The molecular weight excluding hydrogens is 477 g/mol. The Morgan fingerprint density at radius 3 is 1.95 bits per heavy atom. The van der Waals surface area contributed by atoms with E-state index >= 15 is 0 Å². The average Bonchev–Trinajstić information content (AvgIpc) is 3.58. The Hall–Kier alpha value is -4.98. The zero-order valence-corrected chi connectivity index (χ0v) is 19.1. The molecular formula is C29H17F3N4O. The minimum absolute atomic E-state index is 0.345. The number of halogens is 3. The molecule has 0 spiro atoms. The van der Waals surface area contributed by atoms with Crippen molar-refractivity contribution in [1.29, 1.82) is 0 Å². The number of rotatable bonds is 5. The fourth-order valence-electron chi connectivity index (χ4n) is 3.97. The molecule has 2 heterocycles. The van der Waals surface area contributed by atoms with E-state index in [1.165, 1.54) is 36.4 Å². The largest absolute Gasteiger partial charge is 0.435 e. The summed E-state index contributed by atoms with van der Waals surface area (Å²) in [6.45, 7) is 0. The summed E-state index contributed by atoms with van der Waals surface area (Å²) in [4.78, 5) is 4.68. The summed E-state index contributed by atoms with van der Waals surface area (Å²) in [5, 5.41) is 8.29. The second kappa shape index (κ2) is 9.23. The van der Waals surface area contributed by atoms with Crippen molar-refractivity contribution in [3.8, 4) is 51.0 Å². The standard InChI is InChI=1S/C29H17F3N4O/c30-22-10-4-18(5-11-22)27-28(19-6-12-23(31)13-7-19)37-29(33-27)20-8-14-25(15-9-20)36-17-26(34-35-36)21-2-1-3-24(32)16-21/h1-17H. The molecule has 0 saturated carbocycles. The van der Waals surface area contributed by atoms with Crippen LogP contribution in [0.15, 0.2) is 108 Å². The van der Waals surface area contributed by atoms with Gasteiger partial charge in [0.1, 0.15) is 28.8 Å². The summed E-state index contributed by atoms with van der Waals surface area (Å²) >= 11 is 0. The molecule has 0 bridgehead atoms. The summed E-state index contributed by atoms with van der Waals surface area (Å²) in [7, 11) is 0. The molecule has 0 aliphatic carbocycles. The van der Waals surface area contributed by atoms with E-state index in [4.69, 9.17) is 4.42 Å². The number of aromatic nitrogens is 4. The Kier molecular flexibility index (Phi) is 5.61. The van der Waals surface area contributed by atoms with Gasteiger partial charge in [-0.25, -0.2) is 22.8 Å². The van der Waals surface area contributed by atoms with Crippen molar-refractivity contribution in [1.82, 2.24) is 20.0 Å². The first kappa shape index (κ1) is 22.5. The summed E-state index contributed by atoms with van der Waals surface area (Å²) in [5.41, 5.74) is 4.44. The molecule has 8 heteroatoms. The van der Waals surface area contributed by atoms with Crippen LogP contribution in [0.2, 0.25) is 0 Å². The molecule has 0 N–H and O–H groups in total. The number of benzene rings is 4. The molecule has 0 aliphatic heterocycles. The molecule has 2 aromatic heterocycles. The highest BCUT2D eigenvalue weighted by molar-refractivity contribution is 5.79. The molecule has 37 heavy (non-hydrogen) atoms. The Bertz CT molecular complexity index is 1630. The van der Waals surface area contributed by atoms with E-state index in [0.29, 0.717) is 45.3 Å². The lowest BCUT2D eigenvalue weighted by atomic mass is 10.1. The fraction of sp³-hybridized carbons (Fsp3) is 0. The lowest BCUT2D eigenvalue weighted by Crippen LogP contribution is -1.94. The Balaban J connectivity index is 1.35. The van der Waals surface area contributed by atoms with Gasteiger partial charge in [0.2, 0.25) is 5.89 Å². The van der Waals surface area contributed by atoms with Crippen molar-refractivity contribution in [3.05, 3.63) is 121 Å². The topological polar surface area (TPSA) is 56.7 Å². The van der Waals surface area contributed by atoms with Crippen LogP contribution in [0.3, 0.4) is 0 Å². The van der Waals surface area contributed by atoms with Crippen molar-refractivity contribution in [2.45, 2.75) is 0 Å². The zero-order valence-electron chi connectivity index (χ0n) is 19.1. The van der Waals surface area contributed by atoms with Crippen LogP contribution < -0.4 is 0 Å². The zero-order chi connectivity index (χ0) is 25.4. The number of nitrogens with zero attached hydrogens (tertiary/aromatic N) is 4. The van der Waals surface area contributed by atoms with Gasteiger partial charge >= 0.3 is 0 Å². The van der Waals surface area contributed by atoms with E-state index in [1.807, 2.05) is 24.3 Å². The van der Waals surface area contributed by atoms with Crippen LogP contribution in [0.25, 0.3) is 51.0 Å². The van der Waals surface area contributed by atoms with Crippen molar-refractivity contribution in [2.75, 3.05) is 0 Å². The van der Waals surface area contributed by atoms with E-state index in [0.717, 1.165) is 5.69 Å². The van der Waals surface area contributed by atoms with Crippen LogP contribution in [-0.4, -0.2) is 20.0 Å². The smallest absolute Gasteiger partial charge is 0.227 e. The monoisotopic (exact) mass is 494 g/mol. The molecule has 0 saturated heterocycles. The summed E-state index contributed by atoms with van der Waals surface area (Å²) < 4.78 is 48.3. The van der Waals surface area contributed by atoms with E-state index in [2.05, 4.69) is 15.3 Å². The third-order valence-electron chi connectivity index (χ3n) is 5.84. The lowest BCUT2D eigenvalue weighted by molar-refractivity contribution is 0.588. The Morgan fingerprint density at radius 2 is 1.27 bits per heavy atom. The van der Waals surface area contributed by atoms with Gasteiger partial charge in [0.15, 0.2) is 5.76 Å². The molecule has 0 radical (unpaired) electrons. The van der Waals surface area contributed by atoms with Crippen molar-refractivity contribution in [2.24, 2.45) is 0 Å². The first-order valence-electron chi connectivity index (χ1n) is 11.4. The molecule has 0 fully saturated rings. The van der Waals surface area contributed by atoms with Crippen LogP contribution >= 0.6 is 0 Å². The van der Waals surface area contributed by atoms with Crippen molar-refractivity contribution >= 4 is 0 Å². The fourth-order valence-corrected chi connectivity index (χ4v) is 3.97. The van der Waals surface area contributed by atoms with E-state index < -0.39 is 0 Å². The number of hydrogen-bond donors (Lipinski definition) is 0. The number of oxazole rings is 1. The predicted molar refractivity (Wildman–Crippen MR) is 133 cm³/mol. The van der Waals surface area contributed by atoms with Gasteiger partial charge in [-0.05, 0) is 84.9 Å². The predicted octanol–water partition coefficient (Wildman–Crippen LogP) is 7.34. The minimum atomic E-state index is -0.365. The highest BCUT2D eigenvalue weighted by Crippen LogP contribution is 2.36. The molecule has 4 aromatic carbocycles. The van der Waals surface area contributed by atoms with Gasteiger partial charge < -0.3 is 4.42 Å². The van der Waals surface area contributed by atoms with E-state index in [1.54, 1.807) is 47.3 Å². The molecule has 5 nitrogen and oxygen atoms in total. The Morgan fingerprint density at radius 1 is 0.622 bits per heavy atom. The second-order valence-electron chi connectivity index (χ2n) is 8.32. The maximum Gasteiger partial charge on any atom is 0.227 e. The summed E-state index contributed by atoms with van der Waals surface area (Å²) in [5.74, 6) is -0.274. The van der Waals surface area contributed by atoms with Crippen molar-refractivity contribution in [3.63, 3.8) is 0 Å². The molecule has 180 valence electrons. The van der Waals surface area contributed by atoms with Gasteiger partial charge in [0.05, 0.1) is 11.9 Å². The van der Waals surface area contributed by atoms with Gasteiger partial charge in [0.25, 0.3) is 0 Å². The highest BCUT2D eigenvalue weighted by atomic mass is 19.1. The maximum absolute atomic E-state index is 13.6. The van der Waals surface area contributed by atoms with E-state index in [9.17, 15) is 13.2 Å². The maximum atomic E-state index is 13.6. The van der Waals surface area contributed by atoms with Gasteiger partial charge in [0, 0.05) is 22.3 Å². The number of hydrogen-bond acceptors (Lipinski definition) is 4. The molecule has 6 rings (SSSR count). The molecule has 0 unspecified atom stereocenters. The Labute approximate surface area is 209 Å². The van der Waals surface area contributed by atoms with E-state index in [-0.39, 0.29) is 17.5 Å². The molecule has 0 amide bonds. The lowest BCUT2D eigenvalue weighted by Gasteiger charge is -2.02. The third kappa shape index (κ3) is 4.52. The van der Waals surface area contributed by atoms with Gasteiger partial charge in [-0.2, -0.15) is 0 Å². The van der Waals surface area contributed by atoms with Crippen LogP contribution in [0.5, 0.6) is 0 Å². The average molecular weight is 494 g/mol. The summed E-state index contributed by atoms with van der Waals surface area (Å²) in [6, 6.07) is 25.3. The molecule has 0 aliphatic rings. The van der Waals surface area contributed by atoms with Crippen LogP contribution in [0.4, 0.5) is 13.2 Å². The highest BCUT2D eigenvalue weighted by Gasteiger charge is 2.18. The van der Waals surface area contributed by atoms with Crippen molar-refractivity contribution < 1.29 is 17.6 Å². The van der Waals surface area contributed by atoms with Crippen LogP contribution in [-0.2, 0) is 0 Å². The van der Waals surface area contributed by atoms with Crippen LogP contribution in [0, 0.1) is 17.5 Å². The first-order chi connectivity index (χ1) is 18.0. The first-order valence-corrected chi connectivity index (χ1v) is 11.4. The van der Waals surface area contributed by atoms with Gasteiger partial charge in [-0.1, -0.05) is 17.3 Å². The van der Waals surface area contributed by atoms with Gasteiger partial charge in [-0.15, -0.1) is 5.10 Å². The minimum Gasteiger partial charge on any atom is -0.435 e. The van der Waals surface area contributed by atoms with Gasteiger partial charge in [-0.3, -0.25) is 0 Å². The summed E-state index contributed by atoms with van der Waals surface area (Å²) in [6.07, 6.45) is 1.72. The third-order valence-corrected chi connectivity index (χ3v) is 5.84. The quantitative estimate of drug-likeness (QED) is 0.252. The molecule has 0 atom stereocenters. The molecule has 6 aromatic rings. The van der Waals surface area contributed by atoms with Crippen LogP contribution in [0.1, 0.15) is 0 Å². The SMILES string of the molecule is Fc1ccc(-c2nc(-c3ccc(-n4cc(-c5cccc(F)c5)nn4)cc3)oc2-c2ccc(F)cc2)cc1.